The van der Waals surface area contributed by atoms with Crippen LogP contribution in [0.25, 0.3) is 0 Å². The van der Waals surface area contributed by atoms with Crippen LogP contribution < -0.4 is 14.4 Å². The van der Waals surface area contributed by atoms with Crippen LogP contribution in [-0.2, 0) is 14.8 Å². The van der Waals surface area contributed by atoms with Gasteiger partial charge in [0.1, 0.15) is 10.8 Å². The van der Waals surface area contributed by atoms with E-state index in [2.05, 4.69) is 9.71 Å². The van der Waals surface area contributed by atoms with E-state index in [9.17, 15) is 18.3 Å². The van der Waals surface area contributed by atoms with Gasteiger partial charge in [0.05, 0.1) is 22.6 Å². The van der Waals surface area contributed by atoms with E-state index >= 15 is 0 Å². The van der Waals surface area contributed by atoms with E-state index in [-0.39, 0.29) is 26.7 Å². The first-order valence-corrected chi connectivity index (χ1v) is 14.1. The Balaban J connectivity index is 0.00000253. The van der Waals surface area contributed by atoms with Crippen molar-refractivity contribution in [1.29, 1.82) is 0 Å². The van der Waals surface area contributed by atoms with Crippen LogP contribution >= 0.6 is 34.5 Å². The maximum absolute atomic E-state index is 13.1. The molecule has 4 rings (SSSR count). The number of carbonyl (C=O) groups excluding carboxylic acids is 1. The molecular formula is C23H30Cl2N4O5S2. The number of carbonyl (C=O) groups is 1. The number of amides is 1. The molecule has 0 saturated carbocycles. The molecule has 36 heavy (non-hydrogen) atoms. The third kappa shape index (κ3) is 5.87. The van der Waals surface area contributed by atoms with Gasteiger partial charge in [-0.25, -0.2) is 13.4 Å². The van der Waals surface area contributed by atoms with Crippen LogP contribution in [0, 0.1) is 0 Å². The zero-order chi connectivity index (χ0) is 25.9. The molecule has 0 aliphatic carbocycles. The van der Waals surface area contributed by atoms with Gasteiger partial charge < -0.3 is 19.6 Å². The lowest BCUT2D eigenvalue weighted by Crippen LogP contribution is -2.59. The predicted octanol–water partition coefficient (Wildman–Crippen LogP) is 4.47. The predicted molar refractivity (Wildman–Crippen MR) is 147 cm³/mol. The summed E-state index contributed by atoms with van der Waals surface area (Å²) < 4.78 is 33.4. The topological polar surface area (TPSA) is 112 Å². The lowest BCUT2D eigenvalue weighted by molar-refractivity contribution is -0.141. The van der Waals surface area contributed by atoms with Gasteiger partial charge in [-0.2, -0.15) is 0 Å². The number of benzene rings is 2. The number of aromatic nitrogens is 1. The van der Waals surface area contributed by atoms with Gasteiger partial charge in [0, 0.05) is 41.2 Å². The minimum Gasteiger partial charge on any atom is -0.479 e. The average Bonchev–Trinajstić information content (AvgIpc) is 3.38. The number of ether oxygens (including phenoxy) is 1. The standard InChI is InChI=1S/C23H24Cl2N4O5S2.3H2/c1-15(34-20-4-2-3-19(24)21(20)25)22(31)29-11-10-28(13-17(29)14-30)16-5-7-18(8-6-16)36(32,33)27-23-26-9-12-35-23;;;/h2-9,12,15,17,30H,10-11,13-14H2,1H3,(H,26,27);3*1H/t15-,17-;;;/m1.../s1. The monoisotopic (exact) mass is 576 g/mol. The van der Waals surface area contributed by atoms with E-state index < -0.39 is 22.2 Å². The van der Waals surface area contributed by atoms with E-state index in [0.29, 0.717) is 35.5 Å². The molecule has 9 nitrogen and oxygen atoms in total. The molecule has 3 aromatic rings. The Morgan fingerprint density at radius 2 is 2.03 bits per heavy atom. The molecule has 0 spiro atoms. The number of nitrogens with one attached hydrogen (secondary N) is 1. The van der Waals surface area contributed by atoms with Gasteiger partial charge in [0.2, 0.25) is 0 Å². The van der Waals surface area contributed by atoms with Crippen molar-refractivity contribution in [1.82, 2.24) is 9.88 Å². The summed E-state index contributed by atoms with van der Waals surface area (Å²) in [4.78, 5) is 20.8. The summed E-state index contributed by atoms with van der Waals surface area (Å²) in [6.45, 7) is 2.61. The summed E-state index contributed by atoms with van der Waals surface area (Å²) in [6.07, 6.45) is 0.684. The zero-order valence-corrected chi connectivity index (χ0v) is 22.3. The third-order valence-electron chi connectivity index (χ3n) is 5.71. The van der Waals surface area contributed by atoms with Gasteiger partial charge in [-0.15, -0.1) is 11.3 Å². The van der Waals surface area contributed by atoms with Crippen molar-refractivity contribution in [3.63, 3.8) is 0 Å². The molecule has 1 aliphatic heterocycles. The summed E-state index contributed by atoms with van der Waals surface area (Å²) in [5, 5.41) is 12.5. The molecule has 1 fully saturated rings. The molecule has 13 heteroatoms. The highest BCUT2D eigenvalue weighted by Gasteiger charge is 2.33. The molecule has 2 heterocycles. The number of piperazine rings is 1. The molecule has 0 radical (unpaired) electrons. The smallest absolute Gasteiger partial charge is 0.263 e. The first-order valence-electron chi connectivity index (χ1n) is 11.0. The molecule has 1 aliphatic rings. The van der Waals surface area contributed by atoms with Gasteiger partial charge in [-0.3, -0.25) is 9.52 Å². The fraction of sp³-hybridized carbons (Fsp3) is 0.304. The van der Waals surface area contributed by atoms with Crippen LogP contribution in [0.5, 0.6) is 5.75 Å². The highest BCUT2D eigenvalue weighted by atomic mass is 35.5. The Bertz CT molecular complexity index is 1320. The Hall–Kier alpha value is -2.57. The molecule has 1 saturated heterocycles. The van der Waals surface area contributed by atoms with Gasteiger partial charge >= 0.3 is 0 Å². The highest BCUT2D eigenvalue weighted by Crippen LogP contribution is 2.32. The fourth-order valence-corrected chi connectivity index (χ4v) is 5.99. The number of aliphatic hydroxyl groups excluding tert-OH is 1. The SMILES string of the molecule is C[C@@H](Oc1cccc(Cl)c1Cl)C(=O)N1CCN(c2ccc(S(=O)(=O)Nc3nccs3)cc2)C[C@@H]1CO.[HH].[HH].[HH]. The Morgan fingerprint density at radius 3 is 2.69 bits per heavy atom. The van der Waals surface area contributed by atoms with Crippen molar-refractivity contribution in [2.24, 2.45) is 0 Å². The second-order valence-corrected chi connectivity index (χ2v) is 11.4. The molecular weight excluding hydrogens is 547 g/mol. The van der Waals surface area contributed by atoms with Crippen LogP contribution in [0.3, 0.4) is 0 Å². The number of sulfonamides is 1. The maximum Gasteiger partial charge on any atom is 0.263 e. The quantitative estimate of drug-likeness (QED) is 0.407. The van der Waals surface area contributed by atoms with Crippen LogP contribution in [0.1, 0.15) is 11.2 Å². The largest absolute Gasteiger partial charge is 0.479 e. The number of aliphatic hydroxyl groups is 1. The molecule has 1 aromatic heterocycles. The molecule has 0 unspecified atom stereocenters. The van der Waals surface area contributed by atoms with Crippen molar-refractivity contribution >= 4 is 61.3 Å². The van der Waals surface area contributed by atoms with Crippen molar-refractivity contribution < 1.29 is 27.3 Å². The van der Waals surface area contributed by atoms with Crippen molar-refractivity contribution in [3.05, 3.63) is 64.1 Å². The van der Waals surface area contributed by atoms with E-state index in [1.807, 2.05) is 4.90 Å². The average molecular weight is 578 g/mol. The molecule has 1 amide bonds. The Kier molecular flexibility index (Phi) is 8.26. The number of rotatable bonds is 8. The van der Waals surface area contributed by atoms with Gasteiger partial charge in [0.15, 0.2) is 11.2 Å². The Labute approximate surface area is 227 Å². The minimum absolute atomic E-state index is 0. The first kappa shape index (κ1) is 26.5. The van der Waals surface area contributed by atoms with E-state index in [0.717, 1.165) is 5.69 Å². The van der Waals surface area contributed by atoms with Crippen molar-refractivity contribution in [3.8, 4) is 5.75 Å². The Morgan fingerprint density at radius 1 is 1.28 bits per heavy atom. The number of hydrogen-bond donors (Lipinski definition) is 2. The highest BCUT2D eigenvalue weighted by molar-refractivity contribution is 7.93. The number of halogens is 2. The number of hydrogen-bond acceptors (Lipinski definition) is 8. The number of nitrogens with zero attached hydrogens (tertiary/aromatic N) is 3. The van der Waals surface area contributed by atoms with Gasteiger partial charge in [0.25, 0.3) is 15.9 Å². The van der Waals surface area contributed by atoms with E-state index in [1.54, 1.807) is 47.5 Å². The van der Waals surface area contributed by atoms with E-state index in [4.69, 9.17) is 27.9 Å². The molecule has 198 valence electrons. The maximum atomic E-state index is 13.1. The van der Waals surface area contributed by atoms with Crippen LogP contribution in [0.15, 0.2) is 58.9 Å². The summed E-state index contributed by atoms with van der Waals surface area (Å²) in [6, 6.07) is 10.9. The number of thiazole rings is 1. The fourth-order valence-electron chi connectivity index (χ4n) is 3.87. The van der Waals surface area contributed by atoms with Gasteiger partial charge in [-0.1, -0.05) is 29.3 Å². The lowest BCUT2D eigenvalue weighted by Gasteiger charge is -2.42. The van der Waals surface area contributed by atoms with Crippen LogP contribution in [0.2, 0.25) is 10.0 Å². The van der Waals surface area contributed by atoms with Crippen molar-refractivity contribution in [2.45, 2.75) is 24.0 Å². The molecule has 2 atom stereocenters. The van der Waals surface area contributed by atoms with Crippen LogP contribution in [0.4, 0.5) is 10.8 Å². The number of anilines is 2. The second-order valence-electron chi connectivity index (χ2n) is 8.06. The van der Waals surface area contributed by atoms with Crippen LogP contribution in [-0.4, -0.2) is 67.7 Å². The summed E-state index contributed by atoms with van der Waals surface area (Å²) in [5.41, 5.74) is 0.781. The normalized spacial score (nSPS) is 17.1. The minimum atomic E-state index is -3.75. The third-order valence-corrected chi connectivity index (χ3v) is 8.68. The zero-order valence-electron chi connectivity index (χ0n) is 19.2. The summed E-state index contributed by atoms with van der Waals surface area (Å²) >= 11 is 13.4. The molecule has 2 aromatic carbocycles. The second kappa shape index (κ2) is 11.2. The van der Waals surface area contributed by atoms with Gasteiger partial charge in [-0.05, 0) is 43.3 Å². The lowest BCUT2D eigenvalue weighted by atomic mass is 10.1. The van der Waals surface area contributed by atoms with E-state index in [1.165, 1.54) is 29.7 Å². The molecule has 0 bridgehead atoms. The van der Waals surface area contributed by atoms with Crippen molar-refractivity contribution in [2.75, 3.05) is 35.9 Å². The summed E-state index contributed by atoms with van der Waals surface area (Å²) in [7, 11) is -3.75. The summed E-state index contributed by atoms with van der Waals surface area (Å²) in [5.74, 6) is 0.0306. The molecule has 2 N–H and O–H groups in total. The first-order chi connectivity index (χ1) is 17.2.